The smallest absolute Gasteiger partial charge is 0.225 e. The van der Waals surface area contributed by atoms with Gasteiger partial charge in [-0.1, -0.05) is 6.07 Å². The largest absolute Gasteiger partial charge is 0.494 e. The maximum atomic E-state index is 14.5. The highest BCUT2D eigenvalue weighted by atomic mass is 19.1. The third-order valence-electron chi connectivity index (χ3n) is 5.39. The lowest BCUT2D eigenvalue weighted by molar-refractivity contribution is 0.384. The Morgan fingerprint density at radius 2 is 2.00 bits per heavy atom. The van der Waals surface area contributed by atoms with Gasteiger partial charge in [-0.3, -0.25) is 0 Å². The van der Waals surface area contributed by atoms with E-state index in [2.05, 4.69) is 25.8 Å². The van der Waals surface area contributed by atoms with E-state index in [1.54, 1.807) is 31.6 Å². The first-order valence-corrected chi connectivity index (χ1v) is 8.77. The second kappa shape index (κ2) is 6.79. The molecule has 0 N–H and O–H groups in total. The molecule has 0 amide bonds. The molecule has 2 aliphatic heterocycles. The molecular formula is C19H20FN5O. The highest BCUT2D eigenvalue weighted by molar-refractivity contribution is 5.62. The molecule has 0 saturated carbocycles. The standard InChI is InChI=1S/C19H20FN5O/c1-26-15-10-22-19(23-11-15)24-7-5-13-6-8-25(17(13)12-24)18-14(9-21)3-2-4-16(18)20/h2-4,10-11,13,17H,5-8,12H2,1H3. The minimum absolute atomic E-state index is 0.151. The molecule has 2 atom stereocenters. The highest BCUT2D eigenvalue weighted by Crippen LogP contribution is 2.38. The molecule has 6 nitrogen and oxygen atoms in total. The third-order valence-corrected chi connectivity index (χ3v) is 5.39. The maximum absolute atomic E-state index is 14.5. The van der Waals surface area contributed by atoms with Crippen LogP contribution in [0.25, 0.3) is 0 Å². The predicted octanol–water partition coefficient (Wildman–Crippen LogP) is 2.60. The lowest BCUT2D eigenvalue weighted by Crippen LogP contribution is -2.49. The van der Waals surface area contributed by atoms with Crippen LogP contribution in [-0.2, 0) is 0 Å². The van der Waals surface area contributed by atoms with Gasteiger partial charge in [-0.15, -0.1) is 0 Å². The van der Waals surface area contributed by atoms with Gasteiger partial charge < -0.3 is 14.5 Å². The van der Waals surface area contributed by atoms with Crippen molar-refractivity contribution in [2.24, 2.45) is 5.92 Å². The topological polar surface area (TPSA) is 65.3 Å². The van der Waals surface area contributed by atoms with Crippen molar-refractivity contribution in [3.8, 4) is 11.8 Å². The molecule has 2 aromatic rings. The fourth-order valence-corrected chi connectivity index (χ4v) is 4.08. The molecule has 1 aromatic heterocycles. The molecule has 0 bridgehead atoms. The van der Waals surface area contributed by atoms with Crippen molar-refractivity contribution in [1.29, 1.82) is 5.26 Å². The molecule has 2 fully saturated rings. The number of benzene rings is 1. The Bertz CT molecular complexity index is 835. The van der Waals surface area contributed by atoms with Gasteiger partial charge in [-0.25, -0.2) is 14.4 Å². The second-order valence-corrected chi connectivity index (χ2v) is 6.71. The van der Waals surface area contributed by atoms with E-state index in [4.69, 9.17) is 4.74 Å². The SMILES string of the molecule is COc1cnc(N2CCC3CCN(c4c(F)cccc4C#N)C3C2)nc1. The number of hydrogen-bond donors (Lipinski definition) is 0. The fourth-order valence-electron chi connectivity index (χ4n) is 4.08. The number of fused-ring (bicyclic) bond motifs is 1. The summed E-state index contributed by atoms with van der Waals surface area (Å²) >= 11 is 0. The number of ether oxygens (including phenoxy) is 1. The van der Waals surface area contributed by atoms with Crippen molar-refractivity contribution in [2.75, 3.05) is 36.5 Å². The molecule has 4 rings (SSSR count). The summed E-state index contributed by atoms with van der Waals surface area (Å²) in [6, 6.07) is 6.98. The van der Waals surface area contributed by atoms with E-state index in [9.17, 15) is 9.65 Å². The van der Waals surface area contributed by atoms with Crippen molar-refractivity contribution in [3.63, 3.8) is 0 Å². The summed E-state index contributed by atoms with van der Waals surface area (Å²) in [6.07, 6.45) is 5.34. The molecular weight excluding hydrogens is 333 g/mol. The van der Waals surface area contributed by atoms with Gasteiger partial charge in [0.25, 0.3) is 0 Å². The van der Waals surface area contributed by atoms with Gasteiger partial charge >= 0.3 is 0 Å². The normalized spacial score (nSPS) is 22.0. The zero-order chi connectivity index (χ0) is 18.1. The van der Waals surface area contributed by atoms with Crippen LogP contribution in [0.4, 0.5) is 16.0 Å². The zero-order valence-corrected chi connectivity index (χ0v) is 14.6. The van der Waals surface area contributed by atoms with E-state index >= 15 is 0 Å². The second-order valence-electron chi connectivity index (χ2n) is 6.71. The summed E-state index contributed by atoms with van der Waals surface area (Å²) < 4.78 is 19.6. The van der Waals surface area contributed by atoms with E-state index in [1.165, 1.54) is 6.07 Å². The molecule has 134 valence electrons. The molecule has 2 saturated heterocycles. The van der Waals surface area contributed by atoms with Crippen molar-refractivity contribution < 1.29 is 9.13 Å². The van der Waals surface area contributed by atoms with E-state index in [0.29, 0.717) is 28.9 Å². The Labute approximate surface area is 151 Å². The molecule has 2 aliphatic rings. The van der Waals surface area contributed by atoms with Crippen LogP contribution in [0.3, 0.4) is 0 Å². The summed E-state index contributed by atoms with van der Waals surface area (Å²) in [4.78, 5) is 13.0. The number of nitriles is 1. The first kappa shape index (κ1) is 16.6. The molecule has 0 aliphatic carbocycles. The summed E-state index contributed by atoms with van der Waals surface area (Å²) in [5, 5.41) is 9.39. The van der Waals surface area contributed by atoms with Crippen LogP contribution in [0.1, 0.15) is 18.4 Å². The van der Waals surface area contributed by atoms with Crippen LogP contribution >= 0.6 is 0 Å². The Hall–Kier alpha value is -2.88. The maximum Gasteiger partial charge on any atom is 0.225 e. The number of aromatic nitrogens is 2. The first-order chi connectivity index (χ1) is 12.7. The Kier molecular flexibility index (Phi) is 4.33. The summed E-state index contributed by atoms with van der Waals surface area (Å²) in [7, 11) is 1.58. The minimum atomic E-state index is -0.331. The van der Waals surface area contributed by atoms with Crippen LogP contribution in [0.2, 0.25) is 0 Å². The molecule has 0 spiro atoms. The number of para-hydroxylation sites is 1. The van der Waals surface area contributed by atoms with E-state index in [0.717, 1.165) is 32.5 Å². The lowest BCUT2D eigenvalue weighted by Gasteiger charge is -2.39. The van der Waals surface area contributed by atoms with Gasteiger partial charge in [0, 0.05) is 25.7 Å². The summed E-state index contributed by atoms with van der Waals surface area (Å²) in [6.45, 7) is 2.36. The van der Waals surface area contributed by atoms with Crippen molar-refractivity contribution >= 4 is 11.6 Å². The number of nitrogens with zero attached hydrogens (tertiary/aromatic N) is 5. The Balaban J connectivity index is 1.60. The average molecular weight is 353 g/mol. The number of methoxy groups -OCH3 is 1. The molecule has 1 aromatic carbocycles. The van der Waals surface area contributed by atoms with Gasteiger partial charge in [0.15, 0.2) is 5.75 Å². The number of rotatable bonds is 3. The van der Waals surface area contributed by atoms with Gasteiger partial charge in [0.1, 0.15) is 11.9 Å². The third kappa shape index (κ3) is 2.81. The van der Waals surface area contributed by atoms with Crippen LogP contribution in [-0.4, -0.2) is 42.8 Å². The van der Waals surface area contributed by atoms with Crippen LogP contribution in [0, 0.1) is 23.1 Å². The number of hydrogen-bond acceptors (Lipinski definition) is 6. The number of halogens is 1. The quantitative estimate of drug-likeness (QED) is 0.845. The molecule has 26 heavy (non-hydrogen) atoms. The van der Waals surface area contributed by atoms with Crippen LogP contribution in [0.15, 0.2) is 30.6 Å². The van der Waals surface area contributed by atoms with Crippen molar-refractivity contribution in [3.05, 3.63) is 42.0 Å². The van der Waals surface area contributed by atoms with E-state index in [1.807, 2.05) is 0 Å². The fraction of sp³-hybridized carbons (Fsp3) is 0.421. The predicted molar refractivity (Wildman–Crippen MR) is 95.8 cm³/mol. The molecule has 2 unspecified atom stereocenters. The minimum Gasteiger partial charge on any atom is -0.494 e. The molecule has 7 heteroatoms. The van der Waals surface area contributed by atoms with E-state index in [-0.39, 0.29) is 11.9 Å². The van der Waals surface area contributed by atoms with Crippen molar-refractivity contribution in [1.82, 2.24) is 9.97 Å². The monoisotopic (exact) mass is 353 g/mol. The van der Waals surface area contributed by atoms with Crippen LogP contribution < -0.4 is 14.5 Å². The van der Waals surface area contributed by atoms with Gasteiger partial charge in [0.2, 0.25) is 5.95 Å². The van der Waals surface area contributed by atoms with Crippen LogP contribution in [0.5, 0.6) is 5.75 Å². The first-order valence-electron chi connectivity index (χ1n) is 8.77. The number of anilines is 2. The highest BCUT2D eigenvalue weighted by Gasteiger charge is 2.40. The van der Waals surface area contributed by atoms with Gasteiger partial charge in [0.05, 0.1) is 30.8 Å². The Morgan fingerprint density at radius 1 is 1.23 bits per heavy atom. The number of piperidine rings is 1. The lowest BCUT2D eigenvalue weighted by atomic mass is 9.92. The average Bonchev–Trinajstić information content (AvgIpc) is 3.10. The Morgan fingerprint density at radius 3 is 2.73 bits per heavy atom. The summed E-state index contributed by atoms with van der Waals surface area (Å²) in [5.41, 5.74) is 0.823. The van der Waals surface area contributed by atoms with Crippen molar-refractivity contribution in [2.45, 2.75) is 18.9 Å². The van der Waals surface area contributed by atoms with Gasteiger partial charge in [-0.2, -0.15) is 5.26 Å². The molecule has 0 radical (unpaired) electrons. The zero-order valence-electron chi connectivity index (χ0n) is 14.6. The van der Waals surface area contributed by atoms with E-state index < -0.39 is 0 Å². The van der Waals surface area contributed by atoms with Gasteiger partial charge in [-0.05, 0) is 30.9 Å². The molecule has 3 heterocycles. The summed E-state index contributed by atoms with van der Waals surface area (Å²) in [5.74, 6) is 1.44.